The van der Waals surface area contributed by atoms with Gasteiger partial charge in [0, 0.05) is 24.4 Å². The number of imidazole rings is 1. The van der Waals surface area contributed by atoms with Gasteiger partial charge in [0.2, 0.25) is 0 Å². The monoisotopic (exact) mass is 276 g/mol. The molecule has 20 heavy (non-hydrogen) atoms. The average molecular weight is 276 g/mol. The SMILES string of the molecule is CC1(C)[C@@H]2CC[C@]1(C)[C@H](OC(=O)CCn1ccnc1)C2. The summed E-state index contributed by atoms with van der Waals surface area (Å²) in [4.78, 5) is 16.0. The molecule has 0 radical (unpaired) electrons. The number of nitrogens with zero attached hydrogens (tertiary/aromatic N) is 2. The van der Waals surface area contributed by atoms with Crippen molar-refractivity contribution >= 4 is 5.97 Å². The van der Waals surface area contributed by atoms with Gasteiger partial charge in [-0.05, 0) is 30.6 Å². The molecular weight excluding hydrogens is 252 g/mol. The van der Waals surface area contributed by atoms with Crippen LogP contribution in [0.15, 0.2) is 18.7 Å². The molecule has 0 aromatic carbocycles. The van der Waals surface area contributed by atoms with Gasteiger partial charge in [-0.2, -0.15) is 0 Å². The van der Waals surface area contributed by atoms with E-state index in [4.69, 9.17) is 4.74 Å². The smallest absolute Gasteiger partial charge is 0.307 e. The van der Waals surface area contributed by atoms with Crippen LogP contribution in [0.1, 0.15) is 46.5 Å². The topological polar surface area (TPSA) is 44.1 Å². The van der Waals surface area contributed by atoms with Crippen molar-refractivity contribution in [2.75, 3.05) is 0 Å². The summed E-state index contributed by atoms with van der Waals surface area (Å²) in [6.07, 6.45) is 9.37. The summed E-state index contributed by atoms with van der Waals surface area (Å²) in [6.45, 7) is 7.62. The van der Waals surface area contributed by atoms with Gasteiger partial charge in [-0.3, -0.25) is 4.79 Å². The van der Waals surface area contributed by atoms with Gasteiger partial charge in [0.15, 0.2) is 0 Å². The third-order valence-corrected chi connectivity index (χ3v) is 6.12. The van der Waals surface area contributed by atoms with Crippen molar-refractivity contribution < 1.29 is 9.53 Å². The first kappa shape index (κ1) is 13.7. The molecule has 3 atom stereocenters. The van der Waals surface area contributed by atoms with Gasteiger partial charge in [-0.25, -0.2) is 4.98 Å². The minimum absolute atomic E-state index is 0.0757. The maximum absolute atomic E-state index is 12.1. The summed E-state index contributed by atoms with van der Waals surface area (Å²) in [6, 6.07) is 0. The zero-order valence-corrected chi connectivity index (χ0v) is 12.6. The molecule has 2 fully saturated rings. The van der Waals surface area contributed by atoms with Crippen LogP contribution in [0.2, 0.25) is 0 Å². The van der Waals surface area contributed by atoms with Gasteiger partial charge in [0.1, 0.15) is 6.10 Å². The molecule has 3 rings (SSSR count). The fourth-order valence-electron chi connectivity index (χ4n) is 4.17. The molecule has 2 saturated carbocycles. The predicted molar refractivity (Wildman–Crippen MR) is 76.0 cm³/mol. The minimum Gasteiger partial charge on any atom is -0.462 e. The van der Waals surface area contributed by atoms with Crippen molar-refractivity contribution in [2.24, 2.45) is 16.7 Å². The van der Waals surface area contributed by atoms with Crippen LogP contribution in [0.3, 0.4) is 0 Å². The van der Waals surface area contributed by atoms with Gasteiger partial charge >= 0.3 is 5.97 Å². The number of carbonyl (C=O) groups is 1. The van der Waals surface area contributed by atoms with Gasteiger partial charge in [-0.15, -0.1) is 0 Å². The lowest BCUT2D eigenvalue weighted by Crippen LogP contribution is -2.38. The largest absolute Gasteiger partial charge is 0.462 e. The second kappa shape index (κ2) is 4.61. The number of aryl methyl sites for hydroxylation is 1. The fourth-order valence-corrected chi connectivity index (χ4v) is 4.17. The van der Waals surface area contributed by atoms with E-state index < -0.39 is 0 Å². The normalized spacial score (nSPS) is 34.4. The first-order valence-corrected chi connectivity index (χ1v) is 7.59. The molecule has 2 aliphatic carbocycles. The Morgan fingerprint density at radius 3 is 2.80 bits per heavy atom. The highest BCUT2D eigenvalue weighted by Crippen LogP contribution is 2.66. The predicted octanol–water partition coefficient (Wildman–Crippen LogP) is 3.03. The van der Waals surface area contributed by atoms with E-state index in [-0.39, 0.29) is 17.5 Å². The van der Waals surface area contributed by atoms with Crippen molar-refractivity contribution in [2.45, 2.75) is 59.1 Å². The van der Waals surface area contributed by atoms with Crippen LogP contribution in [0.25, 0.3) is 0 Å². The summed E-state index contributed by atoms with van der Waals surface area (Å²) >= 11 is 0. The molecule has 1 aromatic rings. The Morgan fingerprint density at radius 2 is 2.25 bits per heavy atom. The molecule has 1 aromatic heterocycles. The molecule has 2 bridgehead atoms. The molecule has 0 amide bonds. The number of hydrogen-bond donors (Lipinski definition) is 0. The second-order valence-electron chi connectivity index (χ2n) is 7.14. The van der Waals surface area contributed by atoms with Gasteiger partial charge in [-0.1, -0.05) is 20.8 Å². The quantitative estimate of drug-likeness (QED) is 0.794. The highest BCUT2D eigenvalue weighted by Gasteiger charge is 2.62. The molecule has 0 N–H and O–H groups in total. The van der Waals surface area contributed by atoms with E-state index in [0.29, 0.717) is 24.3 Å². The number of esters is 1. The molecule has 2 aliphatic rings. The maximum atomic E-state index is 12.1. The zero-order valence-electron chi connectivity index (χ0n) is 12.6. The van der Waals surface area contributed by atoms with Crippen molar-refractivity contribution in [3.63, 3.8) is 0 Å². The van der Waals surface area contributed by atoms with E-state index in [1.807, 2.05) is 10.8 Å². The number of aromatic nitrogens is 2. The third-order valence-electron chi connectivity index (χ3n) is 6.12. The Balaban J connectivity index is 1.58. The van der Waals surface area contributed by atoms with Gasteiger partial charge < -0.3 is 9.30 Å². The summed E-state index contributed by atoms with van der Waals surface area (Å²) in [5.41, 5.74) is 0.449. The van der Waals surface area contributed by atoms with Gasteiger partial charge in [0.05, 0.1) is 12.7 Å². The number of hydrogen-bond acceptors (Lipinski definition) is 3. The van der Waals surface area contributed by atoms with Crippen LogP contribution in [0, 0.1) is 16.7 Å². The van der Waals surface area contributed by atoms with Crippen LogP contribution < -0.4 is 0 Å². The highest BCUT2D eigenvalue weighted by atomic mass is 16.5. The van der Waals surface area contributed by atoms with E-state index in [9.17, 15) is 4.79 Å². The van der Waals surface area contributed by atoms with Crippen molar-refractivity contribution in [3.8, 4) is 0 Å². The Kier molecular flexibility index (Phi) is 3.14. The van der Waals surface area contributed by atoms with E-state index in [2.05, 4.69) is 25.8 Å². The highest BCUT2D eigenvalue weighted by molar-refractivity contribution is 5.69. The van der Waals surface area contributed by atoms with Gasteiger partial charge in [0.25, 0.3) is 0 Å². The Hall–Kier alpha value is -1.32. The van der Waals surface area contributed by atoms with Crippen molar-refractivity contribution in [1.82, 2.24) is 9.55 Å². The molecule has 1 heterocycles. The fraction of sp³-hybridized carbons (Fsp3) is 0.750. The van der Waals surface area contributed by atoms with Crippen molar-refractivity contribution in [1.29, 1.82) is 0 Å². The van der Waals surface area contributed by atoms with Crippen LogP contribution in [0.5, 0.6) is 0 Å². The Bertz CT molecular complexity index is 495. The second-order valence-corrected chi connectivity index (χ2v) is 7.14. The van der Waals surface area contributed by atoms with Crippen molar-refractivity contribution in [3.05, 3.63) is 18.7 Å². The lowest BCUT2D eigenvalue weighted by Gasteiger charge is -2.38. The molecule has 0 spiro atoms. The average Bonchev–Trinajstić information content (AvgIpc) is 3.02. The molecule has 0 saturated heterocycles. The van der Waals surface area contributed by atoms with Crippen LogP contribution in [0.4, 0.5) is 0 Å². The Morgan fingerprint density at radius 1 is 1.45 bits per heavy atom. The number of ether oxygens (including phenoxy) is 1. The third kappa shape index (κ3) is 1.97. The van der Waals surface area contributed by atoms with E-state index >= 15 is 0 Å². The summed E-state index contributed by atoms with van der Waals surface area (Å²) in [7, 11) is 0. The first-order valence-electron chi connectivity index (χ1n) is 7.59. The number of carbonyl (C=O) groups excluding carboxylic acids is 1. The summed E-state index contributed by atoms with van der Waals surface area (Å²) < 4.78 is 7.72. The molecule has 4 nitrogen and oxygen atoms in total. The van der Waals surface area contributed by atoms with E-state index in [0.717, 1.165) is 6.42 Å². The van der Waals surface area contributed by atoms with Crippen LogP contribution in [-0.2, 0) is 16.1 Å². The summed E-state index contributed by atoms with van der Waals surface area (Å²) in [5, 5.41) is 0. The lowest BCUT2D eigenvalue weighted by atomic mass is 9.70. The lowest BCUT2D eigenvalue weighted by molar-refractivity contribution is -0.157. The van der Waals surface area contributed by atoms with E-state index in [1.54, 1.807) is 12.5 Å². The van der Waals surface area contributed by atoms with Crippen LogP contribution >= 0.6 is 0 Å². The molecule has 0 unspecified atom stereocenters. The Labute approximate surface area is 120 Å². The van der Waals surface area contributed by atoms with E-state index in [1.165, 1.54) is 12.8 Å². The summed E-state index contributed by atoms with van der Waals surface area (Å²) in [5.74, 6) is 0.632. The van der Waals surface area contributed by atoms with Crippen LogP contribution in [-0.4, -0.2) is 21.6 Å². The molecule has 4 heteroatoms. The molecular formula is C16H24N2O2. The first-order chi connectivity index (χ1) is 9.43. The number of rotatable bonds is 4. The number of fused-ring (bicyclic) bond motifs is 2. The molecule has 110 valence electrons. The minimum atomic E-state index is -0.0757. The maximum Gasteiger partial charge on any atom is 0.307 e. The molecule has 0 aliphatic heterocycles. The standard InChI is InChI=1S/C16H24N2O2/c1-15(2)12-4-6-16(15,3)13(10-12)20-14(19)5-8-18-9-7-17-11-18/h7,9,11-13H,4-6,8,10H2,1-3H3/t12-,13-,16-/m1/s1. The zero-order chi connectivity index (χ0) is 14.4.